The fourth-order valence-electron chi connectivity index (χ4n) is 1.95. The van der Waals surface area contributed by atoms with Crippen molar-refractivity contribution >= 4 is 11.1 Å². The van der Waals surface area contributed by atoms with Crippen molar-refractivity contribution in [2.45, 2.75) is 26.3 Å². The molecule has 0 saturated carbocycles. The Bertz CT molecular complexity index is 506. The molecule has 1 heterocycles. The Morgan fingerprint density at radius 2 is 2.18 bits per heavy atom. The van der Waals surface area contributed by atoms with Crippen LogP contribution in [0.25, 0.3) is 11.1 Å². The van der Waals surface area contributed by atoms with Crippen LogP contribution in [-0.4, -0.2) is 11.5 Å². The second kappa shape index (κ2) is 4.85. The SMILES string of the molecule is Cc1nc2ccc(C(N)CC(C)CN)cc2o1. The van der Waals surface area contributed by atoms with E-state index in [0.717, 1.165) is 23.1 Å². The topological polar surface area (TPSA) is 78.1 Å². The van der Waals surface area contributed by atoms with Crippen LogP contribution in [0.15, 0.2) is 22.6 Å². The molecule has 4 N–H and O–H groups in total. The van der Waals surface area contributed by atoms with Gasteiger partial charge in [0, 0.05) is 13.0 Å². The summed E-state index contributed by atoms with van der Waals surface area (Å²) in [7, 11) is 0. The van der Waals surface area contributed by atoms with Crippen molar-refractivity contribution in [1.29, 1.82) is 0 Å². The zero-order valence-corrected chi connectivity index (χ0v) is 10.3. The van der Waals surface area contributed by atoms with Crippen molar-refractivity contribution < 1.29 is 4.42 Å². The molecule has 0 saturated heterocycles. The number of oxazole rings is 1. The first-order valence-corrected chi connectivity index (χ1v) is 5.93. The van der Waals surface area contributed by atoms with Crippen molar-refractivity contribution in [2.24, 2.45) is 17.4 Å². The quantitative estimate of drug-likeness (QED) is 0.847. The fraction of sp³-hybridized carbons (Fsp3) is 0.462. The highest BCUT2D eigenvalue weighted by Gasteiger charge is 2.12. The van der Waals surface area contributed by atoms with Crippen molar-refractivity contribution in [3.05, 3.63) is 29.7 Å². The fourth-order valence-corrected chi connectivity index (χ4v) is 1.95. The van der Waals surface area contributed by atoms with Crippen LogP contribution in [0, 0.1) is 12.8 Å². The molecular weight excluding hydrogens is 214 g/mol. The van der Waals surface area contributed by atoms with Crippen LogP contribution < -0.4 is 11.5 Å². The number of hydrogen-bond donors (Lipinski definition) is 2. The molecule has 0 radical (unpaired) electrons. The minimum absolute atomic E-state index is 0.00311. The highest BCUT2D eigenvalue weighted by Crippen LogP contribution is 2.23. The lowest BCUT2D eigenvalue weighted by Gasteiger charge is -2.15. The summed E-state index contributed by atoms with van der Waals surface area (Å²) < 4.78 is 5.50. The van der Waals surface area contributed by atoms with Gasteiger partial charge in [-0.3, -0.25) is 0 Å². The summed E-state index contributed by atoms with van der Waals surface area (Å²) in [5.41, 5.74) is 14.5. The Morgan fingerprint density at radius 3 is 2.88 bits per heavy atom. The Kier molecular flexibility index (Phi) is 3.45. The summed E-state index contributed by atoms with van der Waals surface area (Å²) >= 11 is 0. The molecule has 4 nitrogen and oxygen atoms in total. The van der Waals surface area contributed by atoms with E-state index in [4.69, 9.17) is 15.9 Å². The first kappa shape index (κ1) is 12.1. The Labute approximate surface area is 101 Å². The van der Waals surface area contributed by atoms with Crippen LogP contribution in [-0.2, 0) is 0 Å². The molecule has 0 amide bonds. The van der Waals surface area contributed by atoms with Gasteiger partial charge in [-0.25, -0.2) is 4.98 Å². The van der Waals surface area contributed by atoms with Crippen LogP contribution in [0.1, 0.15) is 30.8 Å². The molecule has 17 heavy (non-hydrogen) atoms. The predicted octanol–water partition coefficient (Wildman–Crippen LogP) is 2.12. The molecule has 0 bridgehead atoms. The van der Waals surface area contributed by atoms with Crippen molar-refractivity contribution in [1.82, 2.24) is 4.98 Å². The van der Waals surface area contributed by atoms with E-state index >= 15 is 0 Å². The Morgan fingerprint density at radius 1 is 1.41 bits per heavy atom. The number of rotatable bonds is 4. The normalized spacial score (nSPS) is 15.1. The van der Waals surface area contributed by atoms with E-state index in [1.807, 2.05) is 25.1 Å². The Hall–Kier alpha value is -1.39. The second-order valence-electron chi connectivity index (χ2n) is 4.64. The smallest absolute Gasteiger partial charge is 0.192 e. The first-order valence-electron chi connectivity index (χ1n) is 5.93. The number of fused-ring (bicyclic) bond motifs is 1. The number of benzene rings is 1. The van der Waals surface area contributed by atoms with Gasteiger partial charge < -0.3 is 15.9 Å². The minimum atomic E-state index is 0.00311. The van der Waals surface area contributed by atoms with E-state index in [-0.39, 0.29) is 6.04 Å². The molecule has 2 rings (SSSR count). The minimum Gasteiger partial charge on any atom is -0.441 e. The summed E-state index contributed by atoms with van der Waals surface area (Å²) in [5.74, 6) is 1.11. The molecule has 2 atom stereocenters. The number of aryl methyl sites for hydroxylation is 1. The third kappa shape index (κ3) is 2.65. The molecule has 2 aromatic rings. The highest BCUT2D eigenvalue weighted by atomic mass is 16.3. The van der Waals surface area contributed by atoms with E-state index < -0.39 is 0 Å². The zero-order valence-electron chi connectivity index (χ0n) is 10.3. The Balaban J connectivity index is 2.23. The van der Waals surface area contributed by atoms with Crippen molar-refractivity contribution in [3.8, 4) is 0 Å². The summed E-state index contributed by atoms with van der Waals surface area (Å²) in [6.07, 6.45) is 0.884. The molecule has 0 fully saturated rings. The molecule has 92 valence electrons. The number of hydrogen-bond acceptors (Lipinski definition) is 4. The third-order valence-electron chi connectivity index (χ3n) is 3.01. The summed E-state index contributed by atoms with van der Waals surface area (Å²) in [6, 6.07) is 5.94. The van der Waals surface area contributed by atoms with Gasteiger partial charge in [-0.1, -0.05) is 13.0 Å². The van der Waals surface area contributed by atoms with Crippen LogP contribution in [0.3, 0.4) is 0 Å². The lowest BCUT2D eigenvalue weighted by atomic mass is 9.96. The van der Waals surface area contributed by atoms with Crippen LogP contribution >= 0.6 is 0 Å². The average molecular weight is 233 g/mol. The number of aromatic nitrogens is 1. The van der Waals surface area contributed by atoms with Gasteiger partial charge in [-0.05, 0) is 36.6 Å². The van der Waals surface area contributed by atoms with Gasteiger partial charge in [0.2, 0.25) is 0 Å². The lowest BCUT2D eigenvalue weighted by molar-refractivity contribution is 0.482. The third-order valence-corrected chi connectivity index (χ3v) is 3.01. The first-order chi connectivity index (χ1) is 8.10. The molecule has 4 heteroatoms. The van der Waals surface area contributed by atoms with Gasteiger partial charge in [0.25, 0.3) is 0 Å². The molecule has 0 aliphatic rings. The van der Waals surface area contributed by atoms with Gasteiger partial charge in [-0.15, -0.1) is 0 Å². The molecule has 1 aromatic heterocycles. The second-order valence-corrected chi connectivity index (χ2v) is 4.64. The lowest BCUT2D eigenvalue weighted by Crippen LogP contribution is -2.19. The largest absolute Gasteiger partial charge is 0.441 e. The van der Waals surface area contributed by atoms with Crippen molar-refractivity contribution in [2.75, 3.05) is 6.54 Å². The maximum Gasteiger partial charge on any atom is 0.192 e. The molecule has 0 aliphatic carbocycles. The average Bonchev–Trinajstić information content (AvgIpc) is 2.67. The van der Waals surface area contributed by atoms with Crippen LogP contribution in [0.5, 0.6) is 0 Å². The van der Waals surface area contributed by atoms with E-state index in [1.165, 1.54) is 0 Å². The highest BCUT2D eigenvalue weighted by molar-refractivity contribution is 5.73. The summed E-state index contributed by atoms with van der Waals surface area (Å²) in [6.45, 7) is 4.62. The molecule has 0 aliphatic heterocycles. The van der Waals surface area contributed by atoms with Gasteiger partial charge in [0.1, 0.15) is 5.52 Å². The van der Waals surface area contributed by atoms with E-state index in [0.29, 0.717) is 18.4 Å². The summed E-state index contributed by atoms with van der Waals surface area (Å²) in [5, 5.41) is 0. The van der Waals surface area contributed by atoms with Gasteiger partial charge >= 0.3 is 0 Å². The maximum absolute atomic E-state index is 6.15. The van der Waals surface area contributed by atoms with Crippen LogP contribution in [0.4, 0.5) is 0 Å². The van der Waals surface area contributed by atoms with Gasteiger partial charge in [-0.2, -0.15) is 0 Å². The van der Waals surface area contributed by atoms with Gasteiger partial charge in [0.05, 0.1) is 0 Å². The number of nitrogens with zero attached hydrogens (tertiary/aromatic N) is 1. The van der Waals surface area contributed by atoms with E-state index in [9.17, 15) is 0 Å². The standard InChI is InChI=1S/C13H19N3O/c1-8(7-14)5-11(15)10-3-4-12-13(6-10)17-9(2)16-12/h3-4,6,8,11H,5,7,14-15H2,1-2H3. The van der Waals surface area contributed by atoms with E-state index in [2.05, 4.69) is 11.9 Å². The van der Waals surface area contributed by atoms with Crippen LogP contribution in [0.2, 0.25) is 0 Å². The number of nitrogens with two attached hydrogens (primary N) is 2. The van der Waals surface area contributed by atoms with Crippen molar-refractivity contribution in [3.63, 3.8) is 0 Å². The zero-order chi connectivity index (χ0) is 12.4. The van der Waals surface area contributed by atoms with E-state index in [1.54, 1.807) is 0 Å². The van der Waals surface area contributed by atoms with Gasteiger partial charge in [0.15, 0.2) is 11.5 Å². The maximum atomic E-state index is 6.15. The molecule has 2 unspecified atom stereocenters. The molecule has 1 aromatic carbocycles. The monoisotopic (exact) mass is 233 g/mol. The summed E-state index contributed by atoms with van der Waals surface area (Å²) in [4.78, 5) is 4.26. The predicted molar refractivity (Wildman–Crippen MR) is 68.5 cm³/mol. The molecular formula is C13H19N3O. The molecule has 0 spiro atoms.